The number of aliphatic hydroxyl groups is 2. The van der Waals surface area contributed by atoms with Gasteiger partial charge in [0.1, 0.15) is 12.4 Å². The molecule has 0 aliphatic rings. The normalized spacial score (nSPS) is 12.6. The Kier molecular flexibility index (Phi) is 4.24. The van der Waals surface area contributed by atoms with Gasteiger partial charge < -0.3 is 14.9 Å². The van der Waals surface area contributed by atoms with E-state index in [-0.39, 0.29) is 17.9 Å². The second kappa shape index (κ2) is 5.16. The smallest absolute Gasteiger partial charge is 0.419 e. The minimum absolute atomic E-state index is 0.151. The summed E-state index contributed by atoms with van der Waals surface area (Å²) < 4.78 is 43.3. The molecule has 18 heavy (non-hydrogen) atoms. The van der Waals surface area contributed by atoms with E-state index < -0.39 is 23.9 Å². The Balaban J connectivity index is 3.03. The number of alkyl halides is 3. The minimum atomic E-state index is -4.57. The maximum absolute atomic E-state index is 12.8. The highest BCUT2D eigenvalue weighted by atomic mass is 19.4. The lowest BCUT2D eigenvalue weighted by atomic mass is 10.1. The van der Waals surface area contributed by atoms with Crippen molar-refractivity contribution in [1.82, 2.24) is 0 Å². The summed E-state index contributed by atoms with van der Waals surface area (Å²) in [5.41, 5.74) is -2.03. The first-order valence-electron chi connectivity index (χ1n) is 5.29. The number of benzene rings is 1. The van der Waals surface area contributed by atoms with E-state index in [0.29, 0.717) is 0 Å². The third-order valence-corrected chi connectivity index (χ3v) is 2.11. The Morgan fingerprint density at radius 3 is 2.28 bits per heavy atom. The van der Waals surface area contributed by atoms with Gasteiger partial charge in [-0.05, 0) is 31.5 Å². The van der Waals surface area contributed by atoms with Crippen molar-refractivity contribution in [2.75, 3.05) is 6.61 Å². The highest BCUT2D eigenvalue weighted by Crippen LogP contribution is 2.37. The first-order valence-corrected chi connectivity index (χ1v) is 5.29. The van der Waals surface area contributed by atoms with Crippen molar-refractivity contribution in [2.45, 2.75) is 32.2 Å². The predicted molar refractivity (Wildman–Crippen MR) is 59.2 cm³/mol. The van der Waals surface area contributed by atoms with E-state index in [4.69, 9.17) is 9.84 Å². The van der Waals surface area contributed by atoms with Gasteiger partial charge in [-0.15, -0.1) is 0 Å². The molecule has 3 nitrogen and oxygen atoms in total. The predicted octanol–water partition coefficient (Wildman–Crippen LogP) is 2.35. The van der Waals surface area contributed by atoms with Gasteiger partial charge in [0.05, 0.1) is 17.8 Å². The molecular formula is C12H15F3O3. The molecule has 0 radical (unpaired) electrons. The molecule has 0 amide bonds. The Morgan fingerprint density at radius 1 is 1.22 bits per heavy atom. The highest BCUT2D eigenvalue weighted by Gasteiger charge is 2.35. The molecule has 0 unspecified atom stereocenters. The van der Waals surface area contributed by atoms with Gasteiger partial charge in [0.15, 0.2) is 0 Å². The van der Waals surface area contributed by atoms with Crippen molar-refractivity contribution in [3.05, 3.63) is 29.3 Å². The molecule has 0 atom stereocenters. The van der Waals surface area contributed by atoms with Gasteiger partial charge in [0.25, 0.3) is 0 Å². The Morgan fingerprint density at radius 2 is 1.83 bits per heavy atom. The lowest BCUT2D eigenvalue weighted by Crippen LogP contribution is -2.28. The van der Waals surface area contributed by atoms with E-state index in [1.807, 2.05) is 0 Å². The summed E-state index contributed by atoms with van der Waals surface area (Å²) in [7, 11) is 0. The van der Waals surface area contributed by atoms with Crippen molar-refractivity contribution < 1.29 is 28.1 Å². The number of rotatable bonds is 4. The fraction of sp³-hybridized carbons (Fsp3) is 0.500. The fourth-order valence-corrected chi connectivity index (χ4v) is 1.28. The second-order valence-corrected chi connectivity index (χ2v) is 4.59. The zero-order chi connectivity index (χ0) is 14.0. The van der Waals surface area contributed by atoms with Crippen LogP contribution < -0.4 is 4.74 Å². The van der Waals surface area contributed by atoms with Gasteiger partial charge in [-0.1, -0.05) is 6.07 Å². The van der Waals surface area contributed by atoms with E-state index in [2.05, 4.69) is 0 Å². The lowest BCUT2D eigenvalue weighted by molar-refractivity contribution is -0.139. The van der Waals surface area contributed by atoms with E-state index in [0.717, 1.165) is 12.1 Å². The molecule has 6 heteroatoms. The number of halogens is 3. The largest absolute Gasteiger partial charge is 0.490 e. The maximum atomic E-state index is 12.8. The third-order valence-electron chi connectivity index (χ3n) is 2.11. The van der Waals surface area contributed by atoms with Gasteiger partial charge in [-0.2, -0.15) is 13.2 Å². The standard InChI is InChI=1S/C12H15F3O3/c1-11(2,17)7-18-10-4-3-8(6-16)5-9(10)12(13,14)15/h3-5,16-17H,6-7H2,1-2H3. The van der Waals surface area contributed by atoms with Crippen LogP contribution in [0.4, 0.5) is 13.2 Å². The van der Waals surface area contributed by atoms with E-state index in [1.54, 1.807) is 0 Å². The summed E-state index contributed by atoms with van der Waals surface area (Å²) in [6.45, 7) is 2.13. The van der Waals surface area contributed by atoms with Gasteiger partial charge in [-0.25, -0.2) is 0 Å². The Hall–Kier alpha value is -1.27. The Labute approximate surface area is 103 Å². The molecule has 0 aliphatic carbocycles. The summed E-state index contributed by atoms with van der Waals surface area (Å²) in [4.78, 5) is 0. The average Bonchev–Trinajstić information content (AvgIpc) is 2.24. The van der Waals surface area contributed by atoms with E-state index in [1.165, 1.54) is 19.9 Å². The van der Waals surface area contributed by atoms with Crippen molar-refractivity contribution in [3.8, 4) is 5.75 Å². The fourth-order valence-electron chi connectivity index (χ4n) is 1.28. The molecule has 1 aromatic rings. The minimum Gasteiger partial charge on any atom is -0.490 e. The molecule has 2 N–H and O–H groups in total. The van der Waals surface area contributed by atoms with Crippen LogP contribution in [0.2, 0.25) is 0 Å². The molecular weight excluding hydrogens is 249 g/mol. The van der Waals surface area contributed by atoms with Crippen LogP contribution in [0.15, 0.2) is 18.2 Å². The summed E-state index contributed by atoms with van der Waals surface area (Å²) in [6, 6.07) is 3.31. The topological polar surface area (TPSA) is 49.7 Å². The lowest BCUT2D eigenvalue weighted by Gasteiger charge is -2.20. The van der Waals surface area contributed by atoms with Crippen molar-refractivity contribution in [1.29, 1.82) is 0 Å². The van der Waals surface area contributed by atoms with Crippen LogP contribution >= 0.6 is 0 Å². The molecule has 1 aromatic carbocycles. The molecule has 0 aromatic heterocycles. The van der Waals surface area contributed by atoms with E-state index >= 15 is 0 Å². The highest BCUT2D eigenvalue weighted by molar-refractivity contribution is 5.39. The molecule has 102 valence electrons. The first-order chi connectivity index (χ1) is 8.13. The number of hydrogen-bond acceptors (Lipinski definition) is 3. The van der Waals surface area contributed by atoms with Gasteiger partial charge in [-0.3, -0.25) is 0 Å². The van der Waals surface area contributed by atoms with Crippen molar-refractivity contribution >= 4 is 0 Å². The molecule has 1 rings (SSSR count). The molecule has 0 heterocycles. The van der Waals surface area contributed by atoms with Gasteiger partial charge in [0, 0.05) is 0 Å². The van der Waals surface area contributed by atoms with Gasteiger partial charge in [0.2, 0.25) is 0 Å². The SMILES string of the molecule is CC(C)(O)COc1ccc(CO)cc1C(F)(F)F. The van der Waals surface area contributed by atoms with Crippen LogP contribution in [0.1, 0.15) is 25.0 Å². The van der Waals surface area contributed by atoms with E-state index in [9.17, 15) is 18.3 Å². The van der Waals surface area contributed by atoms with Crippen molar-refractivity contribution in [2.24, 2.45) is 0 Å². The molecule has 0 bridgehead atoms. The monoisotopic (exact) mass is 264 g/mol. The quantitative estimate of drug-likeness (QED) is 0.877. The van der Waals surface area contributed by atoms with Crippen LogP contribution in [0, 0.1) is 0 Å². The summed E-state index contributed by atoms with van der Waals surface area (Å²) in [5.74, 6) is -0.359. The number of ether oxygens (including phenoxy) is 1. The zero-order valence-corrected chi connectivity index (χ0v) is 10.1. The summed E-state index contributed by atoms with van der Waals surface area (Å²) in [6.07, 6.45) is -4.57. The third kappa shape index (κ3) is 4.19. The maximum Gasteiger partial charge on any atom is 0.419 e. The summed E-state index contributed by atoms with van der Waals surface area (Å²) >= 11 is 0. The second-order valence-electron chi connectivity index (χ2n) is 4.59. The molecule has 0 aliphatic heterocycles. The van der Waals surface area contributed by atoms with Crippen molar-refractivity contribution in [3.63, 3.8) is 0 Å². The molecule has 0 saturated carbocycles. The van der Waals surface area contributed by atoms with Gasteiger partial charge >= 0.3 is 6.18 Å². The summed E-state index contributed by atoms with van der Waals surface area (Å²) in [5, 5.41) is 18.3. The molecule has 0 spiro atoms. The number of hydrogen-bond donors (Lipinski definition) is 2. The molecule has 0 fully saturated rings. The average molecular weight is 264 g/mol. The first kappa shape index (κ1) is 14.8. The van der Waals surface area contributed by atoms with Crippen LogP contribution in [-0.4, -0.2) is 22.4 Å². The van der Waals surface area contributed by atoms with Crippen LogP contribution in [-0.2, 0) is 12.8 Å². The van der Waals surface area contributed by atoms with Crippen LogP contribution in [0.5, 0.6) is 5.75 Å². The van der Waals surface area contributed by atoms with Crippen LogP contribution in [0.25, 0.3) is 0 Å². The molecule has 0 saturated heterocycles. The number of aliphatic hydroxyl groups excluding tert-OH is 1. The zero-order valence-electron chi connectivity index (χ0n) is 10.1. The Bertz CT molecular complexity index is 408. The van der Waals surface area contributed by atoms with Crippen LogP contribution in [0.3, 0.4) is 0 Å².